The van der Waals surface area contributed by atoms with Gasteiger partial charge in [-0.2, -0.15) is 10.2 Å². The first-order valence-electron chi connectivity index (χ1n) is 5.33. The fraction of sp³-hybridized carbons (Fsp3) is 0.333. The highest BCUT2D eigenvalue weighted by Gasteiger charge is 2.06. The molecule has 0 aliphatic rings. The molecule has 2 aromatic rings. The highest BCUT2D eigenvalue weighted by Crippen LogP contribution is 2.25. The van der Waals surface area contributed by atoms with E-state index in [0.717, 1.165) is 40.3 Å². The zero-order valence-electron chi connectivity index (χ0n) is 8.86. The highest BCUT2D eigenvalue weighted by molar-refractivity contribution is 9.10. The first-order valence-corrected chi connectivity index (χ1v) is 6.13. The van der Waals surface area contributed by atoms with Crippen LogP contribution < -0.4 is 0 Å². The van der Waals surface area contributed by atoms with Crippen molar-refractivity contribution in [3.63, 3.8) is 0 Å². The molecule has 3 nitrogen and oxygen atoms in total. The molecule has 0 aliphatic carbocycles. The van der Waals surface area contributed by atoms with E-state index < -0.39 is 0 Å². The van der Waals surface area contributed by atoms with Crippen LogP contribution >= 0.6 is 15.9 Å². The Morgan fingerprint density at radius 2 is 1.94 bits per heavy atom. The molecular formula is C12H13BrN2O. The zero-order chi connectivity index (χ0) is 11.4. The fourth-order valence-corrected chi connectivity index (χ4v) is 2.24. The summed E-state index contributed by atoms with van der Waals surface area (Å²) in [5.74, 6) is 0. The van der Waals surface area contributed by atoms with Gasteiger partial charge in [0.15, 0.2) is 0 Å². The molecule has 1 heterocycles. The average Bonchev–Trinajstić information content (AvgIpc) is 2.33. The van der Waals surface area contributed by atoms with E-state index in [0.29, 0.717) is 0 Å². The van der Waals surface area contributed by atoms with Crippen molar-refractivity contribution < 1.29 is 5.11 Å². The van der Waals surface area contributed by atoms with E-state index in [1.54, 1.807) is 0 Å². The topological polar surface area (TPSA) is 46.0 Å². The van der Waals surface area contributed by atoms with Crippen LogP contribution in [-0.4, -0.2) is 21.9 Å². The lowest BCUT2D eigenvalue weighted by Gasteiger charge is -2.05. The van der Waals surface area contributed by atoms with Gasteiger partial charge in [0.2, 0.25) is 0 Å². The quantitative estimate of drug-likeness (QED) is 0.876. The minimum atomic E-state index is 0.235. The van der Waals surface area contributed by atoms with E-state index >= 15 is 0 Å². The van der Waals surface area contributed by atoms with Gasteiger partial charge in [0, 0.05) is 12.0 Å². The Kier molecular flexibility index (Phi) is 3.85. The van der Waals surface area contributed by atoms with Gasteiger partial charge in [-0.15, -0.1) is 0 Å². The fourth-order valence-electron chi connectivity index (χ4n) is 1.62. The molecule has 1 aromatic heterocycles. The summed E-state index contributed by atoms with van der Waals surface area (Å²) in [6.07, 6.45) is 2.59. The molecule has 0 saturated heterocycles. The second-order valence-electron chi connectivity index (χ2n) is 3.66. The number of rotatable bonds is 4. The molecular weight excluding hydrogens is 268 g/mol. The number of hydrogen-bond acceptors (Lipinski definition) is 3. The lowest BCUT2D eigenvalue weighted by molar-refractivity contribution is 0.284. The largest absolute Gasteiger partial charge is 0.396 e. The maximum absolute atomic E-state index is 8.74. The smallest absolute Gasteiger partial charge is 0.0941 e. The Balaban J connectivity index is 2.29. The SMILES string of the molecule is OCCCCc1nnc2ccccc2c1Br. The number of aliphatic hydroxyl groups is 1. The van der Waals surface area contributed by atoms with Crippen LogP contribution in [0.1, 0.15) is 18.5 Å². The summed E-state index contributed by atoms with van der Waals surface area (Å²) in [4.78, 5) is 0. The Bertz CT molecular complexity index is 487. The minimum absolute atomic E-state index is 0.235. The Hall–Kier alpha value is -1.00. The normalized spacial score (nSPS) is 10.9. The molecule has 0 unspecified atom stereocenters. The van der Waals surface area contributed by atoms with Gasteiger partial charge in [0.05, 0.1) is 15.7 Å². The third-order valence-corrected chi connectivity index (χ3v) is 3.38. The minimum Gasteiger partial charge on any atom is -0.396 e. The predicted molar refractivity (Wildman–Crippen MR) is 67.3 cm³/mol. The van der Waals surface area contributed by atoms with E-state index in [1.807, 2.05) is 24.3 Å². The van der Waals surface area contributed by atoms with Gasteiger partial charge in [-0.1, -0.05) is 18.2 Å². The molecule has 1 N–H and O–H groups in total. The summed E-state index contributed by atoms with van der Waals surface area (Å²) in [6.45, 7) is 0.235. The number of aromatic nitrogens is 2. The average molecular weight is 281 g/mol. The van der Waals surface area contributed by atoms with Gasteiger partial charge in [-0.05, 0) is 41.3 Å². The van der Waals surface area contributed by atoms with Crippen molar-refractivity contribution in [2.45, 2.75) is 19.3 Å². The summed E-state index contributed by atoms with van der Waals surface area (Å²) in [5.41, 5.74) is 1.87. The highest BCUT2D eigenvalue weighted by atomic mass is 79.9. The Morgan fingerprint density at radius 3 is 2.75 bits per heavy atom. The van der Waals surface area contributed by atoms with E-state index in [9.17, 15) is 0 Å². The standard InChI is InChI=1S/C12H13BrN2O/c13-12-9-5-1-2-6-10(9)14-15-11(12)7-3-4-8-16/h1-2,5-6,16H,3-4,7-8H2. The van der Waals surface area contributed by atoms with Crippen molar-refractivity contribution in [1.82, 2.24) is 10.2 Å². The molecule has 0 bridgehead atoms. The van der Waals surface area contributed by atoms with Crippen molar-refractivity contribution in [2.24, 2.45) is 0 Å². The van der Waals surface area contributed by atoms with E-state index in [2.05, 4.69) is 26.1 Å². The lowest BCUT2D eigenvalue weighted by Crippen LogP contribution is -1.97. The molecule has 0 fully saturated rings. The molecule has 1 aromatic carbocycles. The number of fused-ring (bicyclic) bond motifs is 1. The zero-order valence-corrected chi connectivity index (χ0v) is 10.4. The van der Waals surface area contributed by atoms with E-state index in [-0.39, 0.29) is 6.61 Å². The molecule has 84 valence electrons. The third kappa shape index (κ3) is 2.39. The maximum atomic E-state index is 8.74. The molecule has 4 heteroatoms. The van der Waals surface area contributed by atoms with Crippen LogP contribution in [0.25, 0.3) is 10.9 Å². The molecule has 16 heavy (non-hydrogen) atoms. The van der Waals surface area contributed by atoms with E-state index in [4.69, 9.17) is 5.11 Å². The van der Waals surface area contributed by atoms with Crippen molar-refractivity contribution in [3.8, 4) is 0 Å². The number of nitrogens with zero attached hydrogens (tertiary/aromatic N) is 2. The van der Waals surface area contributed by atoms with Crippen molar-refractivity contribution in [1.29, 1.82) is 0 Å². The number of aliphatic hydroxyl groups excluding tert-OH is 1. The van der Waals surface area contributed by atoms with Crippen LogP contribution in [0, 0.1) is 0 Å². The molecule has 0 saturated carbocycles. The number of unbranched alkanes of at least 4 members (excludes halogenated alkanes) is 1. The molecule has 0 atom stereocenters. The second kappa shape index (κ2) is 5.37. The third-order valence-electron chi connectivity index (χ3n) is 2.49. The van der Waals surface area contributed by atoms with Crippen LogP contribution in [0.4, 0.5) is 0 Å². The maximum Gasteiger partial charge on any atom is 0.0941 e. The van der Waals surface area contributed by atoms with Gasteiger partial charge in [0.1, 0.15) is 0 Å². The van der Waals surface area contributed by atoms with Crippen molar-refractivity contribution >= 4 is 26.8 Å². The van der Waals surface area contributed by atoms with Crippen LogP contribution in [0.2, 0.25) is 0 Å². The molecule has 0 aliphatic heterocycles. The first-order chi connectivity index (χ1) is 7.83. The predicted octanol–water partition coefficient (Wildman–Crippen LogP) is 2.71. The summed E-state index contributed by atoms with van der Waals surface area (Å²) in [5, 5.41) is 18.2. The van der Waals surface area contributed by atoms with Crippen LogP contribution in [-0.2, 0) is 6.42 Å². The molecule has 0 radical (unpaired) electrons. The monoisotopic (exact) mass is 280 g/mol. The number of aryl methyl sites for hydroxylation is 1. The number of hydrogen-bond donors (Lipinski definition) is 1. The first kappa shape index (κ1) is 11.5. The summed E-state index contributed by atoms with van der Waals surface area (Å²) < 4.78 is 1.02. The van der Waals surface area contributed by atoms with Gasteiger partial charge < -0.3 is 5.11 Å². The van der Waals surface area contributed by atoms with Gasteiger partial charge >= 0.3 is 0 Å². The van der Waals surface area contributed by atoms with Gasteiger partial charge in [-0.25, -0.2) is 0 Å². The molecule has 0 spiro atoms. The second-order valence-corrected chi connectivity index (χ2v) is 4.45. The van der Waals surface area contributed by atoms with E-state index in [1.165, 1.54) is 0 Å². The Labute approximate surface area is 103 Å². The molecule has 2 rings (SSSR count). The Morgan fingerprint density at radius 1 is 1.12 bits per heavy atom. The van der Waals surface area contributed by atoms with Gasteiger partial charge in [0.25, 0.3) is 0 Å². The number of benzene rings is 1. The van der Waals surface area contributed by atoms with Crippen LogP contribution in [0.3, 0.4) is 0 Å². The van der Waals surface area contributed by atoms with Crippen LogP contribution in [0.15, 0.2) is 28.7 Å². The van der Waals surface area contributed by atoms with Gasteiger partial charge in [-0.3, -0.25) is 0 Å². The summed E-state index contributed by atoms with van der Waals surface area (Å²) >= 11 is 3.57. The van der Waals surface area contributed by atoms with Crippen molar-refractivity contribution in [2.75, 3.05) is 6.61 Å². The summed E-state index contributed by atoms with van der Waals surface area (Å²) in [6, 6.07) is 7.93. The van der Waals surface area contributed by atoms with Crippen LogP contribution in [0.5, 0.6) is 0 Å². The number of halogens is 1. The van der Waals surface area contributed by atoms with Crippen molar-refractivity contribution in [3.05, 3.63) is 34.4 Å². The molecule has 0 amide bonds. The summed E-state index contributed by atoms with van der Waals surface area (Å²) in [7, 11) is 0. The lowest BCUT2D eigenvalue weighted by atomic mass is 10.1.